The normalized spacial score (nSPS) is 10.2. The van der Waals surface area contributed by atoms with Gasteiger partial charge in [-0.2, -0.15) is 10.4 Å². The van der Waals surface area contributed by atoms with Crippen molar-refractivity contribution in [3.8, 4) is 6.07 Å². The predicted octanol–water partition coefficient (Wildman–Crippen LogP) is 1.82. The van der Waals surface area contributed by atoms with Crippen LogP contribution in [0.5, 0.6) is 0 Å². The summed E-state index contributed by atoms with van der Waals surface area (Å²) in [5, 5.41) is 27.1. The van der Waals surface area contributed by atoms with Crippen LogP contribution in [0.25, 0.3) is 0 Å². The molecule has 0 radical (unpaired) electrons. The van der Waals surface area contributed by atoms with Crippen LogP contribution in [0.15, 0.2) is 12.3 Å². The monoisotopic (exact) mass is 286 g/mol. The summed E-state index contributed by atoms with van der Waals surface area (Å²) >= 11 is 0. The third-order valence-corrected chi connectivity index (χ3v) is 3.30. The fraction of sp³-hybridized carbons (Fsp3) is 0.308. The topological polar surface area (TPSA) is 110 Å². The first kappa shape index (κ1) is 14.5. The van der Waals surface area contributed by atoms with Gasteiger partial charge in [0, 0.05) is 30.9 Å². The van der Waals surface area contributed by atoms with Crippen molar-refractivity contribution in [3.05, 3.63) is 44.9 Å². The minimum atomic E-state index is -0.576. The Morgan fingerprint density at radius 3 is 2.76 bits per heavy atom. The molecule has 0 aliphatic rings. The molecule has 0 amide bonds. The van der Waals surface area contributed by atoms with Crippen LogP contribution < -0.4 is 5.32 Å². The Morgan fingerprint density at radius 2 is 2.24 bits per heavy atom. The second kappa shape index (κ2) is 5.58. The summed E-state index contributed by atoms with van der Waals surface area (Å²) in [5.74, 6) is 0.325. The molecule has 0 aliphatic heterocycles. The van der Waals surface area contributed by atoms with E-state index in [1.165, 1.54) is 6.07 Å². The maximum atomic E-state index is 10.7. The Kier molecular flexibility index (Phi) is 3.84. The Hall–Kier alpha value is -2.95. The van der Waals surface area contributed by atoms with Crippen LogP contribution in [0.4, 0.5) is 11.5 Å². The van der Waals surface area contributed by atoms with Gasteiger partial charge in [-0.05, 0) is 13.8 Å². The number of aromatic nitrogens is 3. The molecule has 2 aromatic heterocycles. The number of nitriles is 1. The number of nitrogens with one attached hydrogen (secondary N) is 1. The fourth-order valence-corrected chi connectivity index (χ4v) is 2.03. The van der Waals surface area contributed by atoms with Gasteiger partial charge in [0.2, 0.25) is 0 Å². The highest BCUT2D eigenvalue weighted by atomic mass is 16.6. The number of anilines is 1. The average molecular weight is 286 g/mol. The highest BCUT2D eigenvalue weighted by molar-refractivity contribution is 5.55. The molecular weight excluding hydrogens is 272 g/mol. The van der Waals surface area contributed by atoms with E-state index in [4.69, 9.17) is 5.26 Å². The summed E-state index contributed by atoms with van der Waals surface area (Å²) in [6.07, 6.45) is 1.13. The molecular formula is C13H14N6O2. The second-order valence-electron chi connectivity index (χ2n) is 4.59. The zero-order chi connectivity index (χ0) is 15.6. The van der Waals surface area contributed by atoms with Gasteiger partial charge in [0.15, 0.2) is 0 Å². The van der Waals surface area contributed by atoms with Crippen LogP contribution in [0, 0.1) is 35.3 Å². The van der Waals surface area contributed by atoms with E-state index in [0.29, 0.717) is 12.4 Å². The molecule has 0 spiro atoms. The Balaban J connectivity index is 2.24. The Morgan fingerprint density at radius 1 is 1.52 bits per heavy atom. The van der Waals surface area contributed by atoms with Crippen molar-refractivity contribution in [2.75, 3.05) is 5.32 Å². The maximum absolute atomic E-state index is 10.7. The first-order valence-corrected chi connectivity index (χ1v) is 6.21. The molecule has 8 nitrogen and oxygen atoms in total. The van der Waals surface area contributed by atoms with Crippen LogP contribution in [0.3, 0.4) is 0 Å². The van der Waals surface area contributed by atoms with Crippen LogP contribution in [0.2, 0.25) is 0 Å². The van der Waals surface area contributed by atoms with E-state index in [0.717, 1.165) is 23.1 Å². The summed E-state index contributed by atoms with van der Waals surface area (Å²) < 4.78 is 1.78. The van der Waals surface area contributed by atoms with Crippen molar-refractivity contribution in [2.24, 2.45) is 7.05 Å². The number of nitrogens with zero attached hydrogens (tertiary/aromatic N) is 5. The largest absolute Gasteiger partial charge is 0.365 e. The highest BCUT2D eigenvalue weighted by Crippen LogP contribution is 2.20. The molecule has 0 aliphatic carbocycles. The van der Waals surface area contributed by atoms with Crippen molar-refractivity contribution in [1.29, 1.82) is 5.26 Å². The summed E-state index contributed by atoms with van der Waals surface area (Å²) in [6, 6.07) is 3.12. The molecule has 0 saturated heterocycles. The maximum Gasteiger partial charge on any atom is 0.289 e. The predicted molar refractivity (Wildman–Crippen MR) is 75.6 cm³/mol. The van der Waals surface area contributed by atoms with E-state index >= 15 is 0 Å². The molecule has 0 aromatic carbocycles. The lowest BCUT2D eigenvalue weighted by Gasteiger charge is -2.07. The van der Waals surface area contributed by atoms with Gasteiger partial charge in [0.05, 0.1) is 10.6 Å². The van der Waals surface area contributed by atoms with Crippen molar-refractivity contribution >= 4 is 11.5 Å². The number of rotatable bonds is 4. The lowest BCUT2D eigenvalue weighted by Crippen LogP contribution is -2.06. The van der Waals surface area contributed by atoms with Gasteiger partial charge in [-0.25, -0.2) is 4.98 Å². The lowest BCUT2D eigenvalue weighted by molar-refractivity contribution is -0.385. The molecule has 0 bridgehead atoms. The van der Waals surface area contributed by atoms with Crippen molar-refractivity contribution < 1.29 is 4.92 Å². The Bertz CT molecular complexity index is 744. The number of hydrogen-bond donors (Lipinski definition) is 1. The highest BCUT2D eigenvalue weighted by Gasteiger charge is 2.14. The minimum Gasteiger partial charge on any atom is -0.365 e. The van der Waals surface area contributed by atoms with Crippen molar-refractivity contribution in [1.82, 2.24) is 14.8 Å². The van der Waals surface area contributed by atoms with Gasteiger partial charge in [-0.15, -0.1) is 0 Å². The molecule has 2 heterocycles. The first-order valence-electron chi connectivity index (χ1n) is 6.21. The molecule has 2 aromatic rings. The average Bonchev–Trinajstić information content (AvgIpc) is 2.70. The van der Waals surface area contributed by atoms with Gasteiger partial charge in [-0.1, -0.05) is 0 Å². The van der Waals surface area contributed by atoms with Crippen molar-refractivity contribution in [3.63, 3.8) is 0 Å². The van der Waals surface area contributed by atoms with Crippen LogP contribution in [-0.2, 0) is 13.6 Å². The first-order chi connectivity index (χ1) is 9.93. The third-order valence-electron chi connectivity index (χ3n) is 3.30. The molecule has 2 rings (SSSR count). The molecule has 0 unspecified atom stereocenters. The Labute approximate surface area is 121 Å². The molecule has 0 fully saturated rings. The number of aryl methyl sites for hydroxylation is 2. The van der Waals surface area contributed by atoms with E-state index in [1.807, 2.05) is 27.0 Å². The summed E-state index contributed by atoms with van der Waals surface area (Å²) in [5.41, 5.74) is 2.86. The van der Waals surface area contributed by atoms with Crippen LogP contribution >= 0.6 is 0 Å². The zero-order valence-corrected chi connectivity index (χ0v) is 11.9. The molecule has 21 heavy (non-hydrogen) atoms. The lowest BCUT2D eigenvalue weighted by atomic mass is 10.2. The number of pyridine rings is 1. The molecule has 0 atom stereocenters. The van der Waals surface area contributed by atoms with E-state index in [1.54, 1.807) is 4.68 Å². The SMILES string of the molecule is Cc1nn(C)c(C)c1CNc1ncc([N+](=O)[O-])cc1C#N. The van der Waals surface area contributed by atoms with Gasteiger partial charge in [-0.3, -0.25) is 14.8 Å². The van der Waals surface area contributed by atoms with E-state index in [9.17, 15) is 10.1 Å². The smallest absolute Gasteiger partial charge is 0.289 e. The standard InChI is InChI=1S/C13H14N6O2/c1-8-12(9(2)18(3)17-8)7-16-13-10(5-14)4-11(6-15-13)19(20)21/h4,6H,7H2,1-3H3,(H,15,16). The molecule has 1 N–H and O–H groups in total. The number of hydrogen-bond acceptors (Lipinski definition) is 6. The third kappa shape index (κ3) is 2.81. The van der Waals surface area contributed by atoms with Gasteiger partial charge in [0.25, 0.3) is 5.69 Å². The van der Waals surface area contributed by atoms with E-state index in [-0.39, 0.29) is 11.3 Å². The molecule has 108 valence electrons. The van der Waals surface area contributed by atoms with Crippen LogP contribution in [0.1, 0.15) is 22.5 Å². The van der Waals surface area contributed by atoms with Gasteiger partial charge < -0.3 is 5.32 Å². The summed E-state index contributed by atoms with van der Waals surface area (Å²) in [4.78, 5) is 14.0. The number of nitro groups is 1. The zero-order valence-electron chi connectivity index (χ0n) is 11.9. The van der Waals surface area contributed by atoms with E-state index in [2.05, 4.69) is 15.4 Å². The fourth-order valence-electron chi connectivity index (χ4n) is 2.03. The van der Waals surface area contributed by atoms with Gasteiger partial charge in [0.1, 0.15) is 23.6 Å². The van der Waals surface area contributed by atoms with Gasteiger partial charge >= 0.3 is 0 Å². The molecule has 0 saturated carbocycles. The second-order valence-corrected chi connectivity index (χ2v) is 4.59. The van der Waals surface area contributed by atoms with Crippen LogP contribution in [-0.4, -0.2) is 19.7 Å². The molecule has 8 heteroatoms. The van der Waals surface area contributed by atoms with E-state index < -0.39 is 4.92 Å². The van der Waals surface area contributed by atoms with Crippen molar-refractivity contribution in [2.45, 2.75) is 20.4 Å². The minimum absolute atomic E-state index is 0.142. The summed E-state index contributed by atoms with van der Waals surface area (Å²) in [7, 11) is 1.86. The summed E-state index contributed by atoms with van der Waals surface area (Å²) in [6.45, 7) is 4.30. The quantitative estimate of drug-likeness (QED) is 0.678.